The number of H-pyrrole nitrogens is 1. The normalized spacial score (nSPS) is 11.0. The van der Waals surface area contributed by atoms with Crippen molar-refractivity contribution in [1.29, 1.82) is 5.26 Å². The van der Waals surface area contributed by atoms with Crippen LogP contribution in [0.1, 0.15) is 30.9 Å². The molecular weight excluding hydrogens is 373 g/mol. The first-order valence-corrected chi connectivity index (χ1v) is 8.91. The van der Waals surface area contributed by atoms with Gasteiger partial charge in [-0.3, -0.25) is 0 Å². The second kappa shape index (κ2) is 7.20. The number of aromatic amines is 1. The summed E-state index contributed by atoms with van der Waals surface area (Å²) >= 11 is 0. The molecule has 1 N–H and O–H groups in total. The number of nitrogens with zero attached hydrogens (tertiary/aromatic N) is 4. The number of pyridine rings is 2. The van der Waals surface area contributed by atoms with Crippen molar-refractivity contribution < 1.29 is 9.13 Å². The zero-order valence-electron chi connectivity index (χ0n) is 15.7. The van der Waals surface area contributed by atoms with Crippen molar-refractivity contribution >= 4 is 11.2 Å². The molecule has 0 radical (unpaired) electrons. The van der Waals surface area contributed by atoms with Crippen molar-refractivity contribution in [3.05, 3.63) is 76.2 Å². The molecule has 0 spiro atoms. The molecule has 3 aromatic heterocycles. The molecule has 1 aromatic carbocycles. The monoisotopic (exact) mass is 389 g/mol. The van der Waals surface area contributed by atoms with Crippen molar-refractivity contribution in [3.8, 4) is 23.4 Å². The van der Waals surface area contributed by atoms with Gasteiger partial charge in [0.25, 0.3) is 0 Å². The number of hydrogen-bond acceptors (Lipinski definition) is 5. The molecule has 0 bridgehead atoms. The van der Waals surface area contributed by atoms with Crippen LogP contribution in [0.15, 0.2) is 53.6 Å². The lowest BCUT2D eigenvalue weighted by molar-refractivity contribution is 0.461. The maximum Gasteiger partial charge on any atom is 0.332 e. The van der Waals surface area contributed by atoms with Gasteiger partial charge in [-0.05, 0) is 35.7 Å². The Morgan fingerprint density at radius 2 is 2.00 bits per heavy atom. The molecule has 0 aliphatic rings. The van der Waals surface area contributed by atoms with Gasteiger partial charge >= 0.3 is 5.69 Å². The van der Waals surface area contributed by atoms with E-state index in [0.29, 0.717) is 34.0 Å². The van der Waals surface area contributed by atoms with E-state index in [1.165, 1.54) is 16.8 Å². The lowest BCUT2D eigenvalue weighted by atomic mass is 9.98. The average molecular weight is 389 g/mol. The molecule has 0 saturated heterocycles. The second-order valence-corrected chi connectivity index (χ2v) is 6.76. The first kappa shape index (κ1) is 18.4. The van der Waals surface area contributed by atoms with Gasteiger partial charge in [-0.15, -0.1) is 0 Å². The van der Waals surface area contributed by atoms with E-state index in [1.807, 2.05) is 19.9 Å². The molecule has 0 atom stereocenters. The zero-order chi connectivity index (χ0) is 20.5. The molecule has 0 fully saturated rings. The van der Waals surface area contributed by atoms with Gasteiger partial charge in [0.2, 0.25) is 5.88 Å². The molecule has 29 heavy (non-hydrogen) atoms. The van der Waals surface area contributed by atoms with Gasteiger partial charge in [-0.2, -0.15) is 5.26 Å². The SMILES string of the molecule is CC(C)c1cc(Oc2ccc(-n3c(=O)[nH]c4cc(F)cnc43)cn2)ccc1C#N. The quantitative estimate of drug-likeness (QED) is 0.568. The number of imidazole rings is 1. The summed E-state index contributed by atoms with van der Waals surface area (Å²) in [5.74, 6) is 0.542. The van der Waals surface area contributed by atoms with Crippen LogP contribution in [-0.4, -0.2) is 19.5 Å². The van der Waals surface area contributed by atoms with Crippen LogP contribution < -0.4 is 10.4 Å². The Labute approximate surface area is 165 Å². The van der Waals surface area contributed by atoms with E-state index in [1.54, 1.807) is 24.3 Å². The number of fused-ring (bicyclic) bond motifs is 1. The molecular formula is C21H16FN5O2. The molecule has 3 heterocycles. The highest BCUT2D eigenvalue weighted by atomic mass is 19.1. The topological polar surface area (TPSA) is 96.6 Å². The third-order valence-electron chi connectivity index (χ3n) is 4.46. The first-order chi connectivity index (χ1) is 14.0. The number of nitriles is 1. The van der Waals surface area contributed by atoms with Crippen molar-refractivity contribution in [2.24, 2.45) is 0 Å². The van der Waals surface area contributed by atoms with Crippen molar-refractivity contribution in [2.75, 3.05) is 0 Å². The molecule has 0 aliphatic carbocycles. The fourth-order valence-electron chi connectivity index (χ4n) is 3.08. The molecule has 8 heteroatoms. The summed E-state index contributed by atoms with van der Waals surface area (Å²) in [7, 11) is 0. The van der Waals surface area contributed by atoms with Gasteiger partial charge < -0.3 is 9.72 Å². The number of halogens is 1. The lowest BCUT2D eigenvalue weighted by Gasteiger charge is -2.11. The van der Waals surface area contributed by atoms with Crippen molar-refractivity contribution in [3.63, 3.8) is 0 Å². The average Bonchev–Trinajstić information content (AvgIpc) is 3.03. The Bertz CT molecular complexity index is 1300. The highest BCUT2D eigenvalue weighted by Gasteiger charge is 2.12. The van der Waals surface area contributed by atoms with Gasteiger partial charge in [0.15, 0.2) is 5.65 Å². The Hall–Kier alpha value is -3.99. The third-order valence-corrected chi connectivity index (χ3v) is 4.46. The van der Waals surface area contributed by atoms with Gasteiger partial charge in [0.1, 0.15) is 11.6 Å². The number of hydrogen-bond donors (Lipinski definition) is 1. The Balaban J connectivity index is 1.64. The minimum Gasteiger partial charge on any atom is -0.439 e. The zero-order valence-corrected chi connectivity index (χ0v) is 15.7. The predicted molar refractivity (Wildman–Crippen MR) is 105 cm³/mol. The van der Waals surface area contributed by atoms with E-state index in [9.17, 15) is 14.4 Å². The molecule has 4 aromatic rings. The molecule has 144 valence electrons. The van der Waals surface area contributed by atoms with Crippen LogP contribution in [0.4, 0.5) is 4.39 Å². The third kappa shape index (κ3) is 3.46. The fraction of sp³-hybridized carbons (Fsp3) is 0.143. The summed E-state index contributed by atoms with van der Waals surface area (Å²) in [5, 5.41) is 9.22. The smallest absolute Gasteiger partial charge is 0.332 e. The van der Waals surface area contributed by atoms with Gasteiger partial charge in [0, 0.05) is 12.1 Å². The highest BCUT2D eigenvalue weighted by molar-refractivity contribution is 5.72. The Morgan fingerprint density at radius 1 is 1.17 bits per heavy atom. The van der Waals surface area contributed by atoms with Crippen LogP contribution in [0.25, 0.3) is 16.9 Å². The number of rotatable bonds is 4. The second-order valence-electron chi connectivity index (χ2n) is 6.76. The van der Waals surface area contributed by atoms with Crippen LogP contribution in [-0.2, 0) is 0 Å². The summed E-state index contributed by atoms with van der Waals surface area (Å²) in [6, 6.07) is 11.9. The van der Waals surface area contributed by atoms with Gasteiger partial charge in [-0.25, -0.2) is 23.7 Å². The highest BCUT2D eigenvalue weighted by Crippen LogP contribution is 2.27. The van der Waals surface area contributed by atoms with Crippen LogP contribution in [0.2, 0.25) is 0 Å². The minimum atomic E-state index is -0.532. The predicted octanol–water partition coefficient (Wildman–Crippen LogP) is 4.04. The number of nitrogens with one attached hydrogen (secondary N) is 1. The maximum atomic E-state index is 13.3. The Kier molecular flexibility index (Phi) is 4.56. The number of ether oxygens (including phenoxy) is 1. The van der Waals surface area contributed by atoms with E-state index in [4.69, 9.17) is 4.74 Å². The molecule has 7 nitrogen and oxygen atoms in total. The number of aromatic nitrogens is 4. The summed E-state index contributed by atoms with van der Waals surface area (Å²) in [6.45, 7) is 4.01. The minimum absolute atomic E-state index is 0.176. The van der Waals surface area contributed by atoms with E-state index >= 15 is 0 Å². The van der Waals surface area contributed by atoms with Crippen LogP contribution in [0.5, 0.6) is 11.6 Å². The van der Waals surface area contributed by atoms with Crippen LogP contribution >= 0.6 is 0 Å². The largest absolute Gasteiger partial charge is 0.439 e. The summed E-state index contributed by atoms with van der Waals surface area (Å²) in [6.07, 6.45) is 2.52. The summed E-state index contributed by atoms with van der Waals surface area (Å²) in [4.78, 5) is 23.0. The first-order valence-electron chi connectivity index (χ1n) is 8.91. The molecule has 0 unspecified atom stereocenters. The summed E-state index contributed by atoms with van der Waals surface area (Å²) < 4.78 is 20.4. The van der Waals surface area contributed by atoms with E-state index < -0.39 is 11.5 Å². The van der Waals surface area contributed by atoms with Gasteiger partial charge in [-0.1, -0.05) is 13.8 Å². The summed E-state index contributed by atoms with van der Waals surface area (Å²) in [5.41, 5.74) is 2.14. The number of benzene rings is 1. The van der Waals surface area contributed by atoms with E-state index in [0.717, 1.165) is 11.8 Å². The fourth-order valence-corrected chi connectivity index (χ4v) is 3.08. The maximum absolute atomic E-state index is 13.3. The van der Waals surface area contributed by atoms with Crippen LogP contribution in [0, 0.1) is 17.1 Å². The molecule has 0 saturated carbocycles. The van der Waals surface area contributed by atoms with Gasteiger partial charge in [0.05, 0.1) is 35.2 Å². The van der Waals surface area contributed by atoms with E-state index in [-0.39, 0.29) is 5.92 Å². The van der Waals surface area contributed by atoms with Crippen molar-refractivity contribution in [2.45, 2.75) is 19.8 Å². The Morgan fingerprint density at radius 3 is 2.69 bits per heavy atom. The molecule has 4 rings (SSSR count). The van der Waals surface area contributed by atoms with Crippen LogP contribution in [0.3, 0.4) is 0 Å². The molecule has 0 aliphatic heterocycles. The van der Waals surface area contributed by atoms with E-state index in [2.05, 4.69) is 21.0 Å². The standard InChI is InChI=1S/C21H16FN5O2/c1-12(2)17-8-16(5-3-13(17)9-23)29-19-6-4-15(11-24-19)27-20-18(26-21(27)28)7-14(22)10-25-20/h3-8,10-12H,1-2H3,(H,26,28). The molecule has 0 amide bonds. The lowest BCUT2D eigenvalue weighted by Crippen LogP contribution is -2.15. The van der Waals surface area contributed by atoms with Crippen molar-refractivity contribution in [1.82, 2.24) is 19.5 Å².